The number of hydrogen-bond acceptors (Lipinski definition) is 7. The summed E-state index contributed by atoms with van der Waals surface area (Å²) in [4.78, 5) is 44.3. The van der Waals surface area contributed by atoms with E-state index in [-0.39, 0.29) is 12.0 Å². The molecule has 1 aromatic carbocycles. The number of anilines is 2. The number of fused-ring (bicyclic) bond motifs is 1. The number of hydrogen-bond donors (Lipinski definition) is 0. The third-order valence-corrected chi connectivity index (χ3v) is 6.22. The first-order chi connectivity index (χ1) is 16.7. The van der Waals surface area contributed by atoms with E-state index >= 15 is 0 Å². The van der Waals surface area contributed by atoms with Gasteiger partial charge in [-0.05, 0) is 72.9 Å². The molecule has 0 spiro atoms. The summed E-state index contributed by atoms with van der Waals surface area (Å²) in [6.07, 6.45) is 0.646. The lowest BCUT2D eigenvalue weighted by Gasteiger charge is -2.37. The fourth-order valence-electron chi connectivity index (χ4n) is 4.57. The van der Waals surface area contributed by atoms with Crippen LogP contribution in [0.3, 0.4) is 0 Å². The number of nitrogens with zero attached hydrogens (tertiary/aromatic N) is 3. The SMILES string of the molecule is CCN1C(=O)[C@H](C(=O)OC(C)(C)C)CCc2cc(N3CCN(C(=O)OC(C)(C)C)CC3)c(OC)cc21. The van der Waals surface area contributed by atoms with Crippen molar-refractivity contribution in [2.75, 3.05) is 49.6 Å². The molecule has 2 aliphatic rings. The number of piperazine rings is 1. The normalized spacial score (nSPS) is 18.9. The average molecular weight is 504 g/mol. The van der Waals surface area contributed by atoms with Crippen LogP contribution in [0, 0.1) is 5.92 Å². The van der Waals surface area contributed by atoms with Crippen LogP contribution in [-0.4, -0.2) is 73.9 Å². The van der Waals surface area contributed by atoms with Crippen molar-refractivity contribution < 1.29 is 28.6 Å². The molecular weight excluding hydrogens is 462 g/mol. The number of methoxy groups -OCH3 is 1. The van der Waals surface area contributed by atoms with E-state index in [1.807, 2.05) is 33.8 Å². The zero-order valence-corrected chi connectivity index (χ0v) is 23.0. The summed E-state index contributed by atoms with van der Waals surface area (Å²) in [6, 6.07) is 3.95. The monoisotopic (exact) mass is 503 g/mol. The highest BCUT2D eigenvalue weighted by Gasteiger charge is 2.38. The maximum Gasteiger partial charge on any atom is 0.410 e. The van der Waals surface area contributed by atoms with Gasteiger partial charge in [-0.25, -0.2) is 4.79 Å². The molecule has 9 heteroatoms. The quantitative estimate of drug-likeness (QED) is 0.453. The summed E-state index contributed by atoms with van der Waals surface area (Å²) >= 11 is 0. The Hall–Kier alpha value is -2.97. The lowest BCUT2D eigenvalue weighted by atomic mass is 9.99. The zero-order chi connectivity index (χ0) is 26.8. The summed E-state index contributed by atoms with van der Waals surface area (Å²) in [5.74, 6) is -0.916. The van der Waals surface area contributed by atoms with Crippen molar-refractivity contribution >= 4 is 29.3 Å². The van der Waals surface area contributed by atoms with Crippen LogP contribution >= 0.6 is 0 Å². The van der Waals surface area contributed by atoms with Gasteiger partial charge >= 0.3 is 12.1 Å². The van der Waals surface area contributed by atoms with Gasteiger partial charge in [0.2, 0.25) is 5.91 Å². The fourth-order valence-corrected chi connectivity index (χ4v) is 4.57. The molecule has 1 saturated heterocycles. The van der Waals surface area contributed by atoms with Gasteiger partial charge in [0.25, 0.3) is 0 Å². The Kier molecular flexibility index (Phi) is 8.10. The van der Waals surface area contributed by atoms with Crippen molar-refractivity contribution in [1.82, 2.24) is 4.90 Å². The van der Waals surface area contributed by atoms with Crippen molar-refractivity contribution in [3.63, 3.8) is 0 Å². The molecule has 0 unspecified atom stereocenters. The van der Waals surface area contributed by atoms with Gasteiger partial charge in [0.1, 0.15) is 22.9 Å². The van der Waals surface area contributed by atoms with Crippen LogP contribution in [0.25, 0.3) is 0 Å². The van der Waals surface area contributed by atoms with E-state index in [0.29, 0.717) is 51.3 Å². The van der Waals surface area contributed by atoms with Gasteiger partial charge in [0.05, 0.1) is 18.5 Å². The Balaban J connectivity index is 1.83. The van der Waals surface area contributed by atoms with E-state index in [0.717, 1.165) is 16.9 Å². The summed E-state index contributed by atoms with van der Waals surface area (Å²) in [7, 11) is 1.61. The summed E-state index contributed by atoms with van der Waals surface area (Å²) in [5, 5.41) is 0. The number of rotatable bonds is 4. The van der Waals surface area contributed by atoms with E-state index in [1.54, 1.807) is 37.7 Å². The van der Waals surface area contributed by atoms with Crippen molar-refractivity contribution in [1.29, 1.82) is 0 Å². The Bertz CT molecular complexity index is 986. The standard InChI is InChI=1S/C27H41N3O6/c1-9-30-20-17-22(34-8)21(28-12-14-29(15-13-28)25(33)36-27(5,6)7)16-18(20)10-11-19(23(30)31)24(32)35-26(2,3)4/h16-17,19H,9-15H2,1-8H3/t19-/m1/s1. The Labute approximate surface area is 214 Å². The molecule has 0 saturated carbocycles. The molecule has 2 heterocycles. The third-order valence-electron chi connectivity index (χ3n) is 6.22. The number of aryl methyl sites for hydroxylation is 1. The smallest absolute Gasteiger partial charge is 0.410 e. The highest BCUT2D eigenvalue weighted by molar-refractivity contribution is 6.07. The number of amides is 2. The molecule has 0 bridgehead atoms. The highest BCUT2D eigenvalue weighted by atomic mass is 16.6. The summed E-state index contributed by atoms with van der Waals surface area (Å²) in [6.45, 7) is 15.7. The topological polar surface area (TPSA) is 88.6 Å². The Morgan fingerprint density at radius 1 is 0.944 bits per heavy atom. The predicted octanol–water partition coefficient (Wildman–Crippen LogP) is 4.01. The molecule has 0 aromatic heterocycles. The van der Waals surface area contributed by atoms with Crippen LogP contribution < -0.4 is 14.5 Å². The molecule has 9 nitrogen and oxygen atoms in total. The predicted molar refractivity (Wildman–Crippen MR) is 139 cm³/mol. The van der Waals surface area contributed by atoms with Crippen molar-refractivity contribution in [2.24, 2.45) is 5.92 Å². The lowest BCUT2D eigenvalue weighted by Crippen LogP contribution is -2.50. The molecule has 2 aliphatic heterocycles. The fraction of sp³-hybridized carbons (Fsp3) is 0.667. The second kappa shape index (κ2) is 10.6. The van der Waals surface area contributed by atoms with Gasteiger partial charge in [-0.3, -0.25) is 9.59 Å². The number of carbonyl (C=O) groups is 3. The maximum atomic E-state index is 13.4. The maximum absolute atomic E-state index is 13.4. The van der Waals surface area contributed by atoms with E-state index < -0.39 is 23.1 Å². The van der Waals surface area contributed by atoms with Crippen LogP contribution in [0.5, 0.6) is 5.75 Å². The minimum absolute atomic E-state index is 0.244. The minimum atomic E-state index is -0.844. The number of esters is 1. The first kappa shape index (κ1) is 27.6. The molecule has 0 N–H and O–H groups in total. The largest absolute Gasteiger partial charge is 0.495 e. The number of benzene rings is 1. The van der Waals surface area contributed by atoms with E-state index in [4.69, 9.17) is 14.2 Å². The molecule has 0 radical (unpaired) electrons. The second-order valence-corrected chi connectivity index (χ2v) is 11.3. The average Bonchev–Trinajstić information content (AvgIpc) is 2.91. The minimum Gasteiger partial charge on any atom is -0.495 e. The first-order valence-corrected chi connectivity index (χ1v) is 12.7. The van der Waals surface area contributed by atoms with Crippen molar-refractivity contribution in [2.45, 2.75) is 72.5 Å². The molecule has 36 heavy (non-hydrogen) atoms. The Morgan fingerprint density at radius 2 is 1.56 bits per heavy atom. The van der Waals surface area contributed by atoms with Crippen LogP contribution in [-0.2, 0) is 25.5 Å². The Morgan fingerprint density at radius 3 is 2.08 bits per heavy atom. The van der Waals surface area contributed by atoms with Gasteiger partial charge in [-0.15, -0.1) is 0 Å². The van der Waals surface area contributed by atoms with Crippen LogP contribution in [0.1, 0.15) is 60.5 Å². The van der Waals surface area contributed by atoms with Gasteiger partial charge < -0.3 is 28.9 Å². The summed E-state index contributed by atoms with van der Waals surface area (Å²) < 4.78 is 16.8. The molecule has 2 amide bonds. The van der Waals surface area contributed by atoms with Gasteiger partial charge in [0, 0.05) is 38.8 Å². The summed E-state index contributed by atoms with van der Waals surface area (Å²) in [5.41, 5.74) is 1.47. The van der Waals surface area contributed by atoms with Gasteiger partial charge in [0.15, 0.2) is 0 Å². The molecule has 3 rings (SSSR count). The van der Waals surface area contributed by atoms with Gasteiger partial charge in [-0.1, -0.05) is 0 Å². The molecule has 1 aromatic rings. The van der Waals surface area contributed by atoms with E-state index in [1.165, 1.54) is 0 Å². The lowest BCUT2D eigenvalue weighted by molar-refractivity contribution is -0.162. The first-order valence-electron chi connectivity index (χ1n) is 12.7. The number of ether oxygens (including phenoxy) is 3. The molecule has 200 valence electrons. The zero-order valence-electron chi connectivity index (χ0n) is 23.0. The number of carbonyl (C=O) groups excluding carboxylic acids is 3. The second-order valence-electron chi connectivity index (χ2n) is 11.3. The van der Waals surface area contributed by atoms with Crippen molar-refractivity contribution in [3.8, 4) is 5.75 Å². The van der Waals surface area contributed by atoms with Crippen molar-refractivity contribution in [3.05, 3.63) is 17.7 Å². The molecule has 1 atom stereocenters. The molecular formula is C27H41N3O6. The van der Waals surface area contributed by atoms with E-state index in [9.17, 15) is 14.4 Å². The van der Waals surface area contributed by atoms with Crippen LogP contribution in [0.15, 0.2) is 12.1 Å². The van der Waals surface area contributed by atoms with Gasteiger partial charge in [-0.2, -0.15) is 0 Å². The molecule has 1 fully saturated rings. The van der Waals surface area contributed by atoms with Crippen LogP contribution in [0.4, 0.5) is 16.2 Å². The van der Waals surface area contributed by atoms with Crippen LogP contribution in [0.2, 0.25) is 0 Å². The third kappa shape index (κ3) is 6.42. The van der Waals surface area contributed by atoms with E-state index in [2.05, 4.69) is 11.0 Å². The highest BCUT2D eigenvalue weighted by Crippen LogP contribution is 2.40. The molecule has 0 aliphatic carbocycles.